The van der Waals surface area contributed by atoms with Crippen LogP contribution < -0.4 is 5.43 Å². The maximum absolute atomic E-state index is 12.4. The summed E-state index contributed by atoms with van der Waals surface area (Å²) in [6.45, 7) is 0.623. The van der Waals surface area contributed by atoms with Crippen molar-refractivity contribution in [3.63, 3.8) is 0 Å². The fraction of sp³-hybridized carbons (Fsp3) is 0.333. The van der Waals surface area contributed by atoms with Crippen LogP contribution in [0, 0.1) is 0 Å². The van der Waals surface area contributed by atoms with Gasteiger partial charge in [0.05, 0.1) is 19.8 Å². The monoisotopic (exact) mass is 329 g/mol. The lowest BCUT2D eigenvalue weighted by Crippen LogP contribution is -2.15. The maximum atomic E-state index is 12.4. The number of carboxylic acids is 1. The van der Waals surface area contributed by atoms with Crippen molar-refractivity contribution in [3.05, 3.63) is 51.3 Å². The standard InChI is InChI=1S/C18H19NO5/c20-5-7-24-6-1-2-12-8-14-16(9-13(12)11-3-4-11)19-10-15(17(14)21)18(22)23/h1-2,8-11,20H,3-7H2,(H,19,21)(H,22,23). The Kier molecular flexibility index (Phi) is 4.78. The van der Waals surface area contributed by atoms with Gasteiger partial charge >= 0.3 is 5.97 Å². The van der Waals surface area contributed by atoms with E-state index in [0.717, 1.165) is 24.0 Å². The predicted molar refractivity (Wildman–Crippen MR) is 90.4 cm³/mol. The Balaban J connectivity index is 2.02. The zero-order valence-electron chi connectivity index (χ0n) is 13.1. The third-order valence-corrected chi connectivity index (χ3v) is 4.08. The summed E-state index contributed by atoms with van der Waals surface area (Å²) in [5.41, 5.74) is 1.97. The average molecular weight is 329 g/mol. The molecule has 1 aliphatic rings. The Hall–Kier alpha value is -2.44. The molecule has 0 bridgehead atoms. The first-order valence-corrected chi connectivity index (χ1v) is 7.89. The lowest BCUT2D eigenvalue weighted by molar-refractivity contribution is 0.0695. The van der Waals surface area contributed by atoms with Crippen molar-refractivity contribution in [2.24, 2.45) is 0 Å². The molecular weight excluding hydrogens is 310 g/mol. The van der Waals surface area contributed by atoms with Crippen LogP contribution in [-0.4, -0.2) is 41.0 Å². The van der Waals surface area contributed by atoms with Gasteiger partial charge in [0.1, 0.15) is 5.56 Å². The number of aliphatic hydroxyl groups is 1. The normalized spacial score (nSPS) is 14.5. The molecule has 0 saturated heterocycles. The van der Waals surface area contributed by atoms with Crippen LogP contribution in [0.4, 0.5) is 0 Å². The maximum Gasteiger partial charge on any atom is 0.341 e. The first-order valence-electron chi connectivity index (χ1n) is 7.89. The van der Waals surface area contributed by atoms with E-state index in [1.165, 1.54) is 6.20 Å². The summed E-state index contributed by atoms with van der Waals surface area (Å²) in [7, 11) is 0. The van der Waals surface area contributed by atoms with Crippen LogP contribution in [0.1, 0.15) is 40.2 Å². The molecule has 2 aromatic rings. The summed E-state index contributed by atoms with van der Waals surface area (Å²) in [6, 6.07) is 3.69. The van der Waals surface area contributed by atoms with E-state index >= 15 is 0 Å². The number of nitrogens with one attached hydrogen (secondary N) is 1. The Morgan fingerprint density at radius 2 is 2.17 bits per heavy atom. The summed E-state index contributed by atoms with van der Waals surface area (Å²) in [6.07, 6.45) is 7.20. The number of H-pyrrole nitrogens is 1. The van der Waals surface area contributed by atoms with Crippen LogP contribution in [-0.2, 0) is 4.74 Å². The van der Waals surface area contributed by atoms with Gasteiger partial charge in [-0.3, -0.25) is 4.79 Å². The number of aromatic nitrogens is 1. The second-order valence-corrected chi connectivity index (χ2v) is 5.84. The van der Waals surface area contributed by atoms with Gasteiger partial charge in [-0.15, -0.1) is 0 Å². The Morgan fingerprint density at radius 1 is 1.38 bits per heavy atom. The van der Waals surface area contributed by atoms with E-state index in [4.69, 9.17) is 14.9 Å². The zero-order valence-corrected chi connectivity index (χ0v) is 13.1. The number of fused-ring (bicyclic) bond motifs is 1. The minimum atomic E-state index is -1.24. The third kappa shape index (κ3) is 3.39. The molecule has 1 heterocycles. The number of pyridine rings is 1. The number of benzene rings is 1. The van der Waals surface area contributed by atoms with E-state index in [2.05, 4.69) is 4.98 Å². The van der Waals surface area contributed by atoms with E-state index in [9.17, 15) is 9.59 Å². The summed E-state index contributed by atoms with van der Waals surface area (Å²) < 4.78 is 5.20. The average Bonchev–Trinajstić information content (AvgIpc) is 3.39. The molecule has 3 N–H and O–H groups in total. The van der Waals surface area contributed by atoms with Gasteiger partial charge in [0.25, 0.3) is 0 Å². The SMILES string of the molecule is O=C(O)c1c[nH]c2cc(C3CC3)c(C=CCOCCO)cc2c1=O. The highest BCUT2D eigenvalue weighted by molar-refractivity contribution is 5.93. The number of aromatic amines is 1. The number of hydrogen-bond donors (Lipinski definition) is 3. The van der Waals surface area contributed by atoms with Crippen LogP contribution >= 0.6 is 0 Å². The smallest absolute Gasteiger partial charge is 0.341 e. The van der Waals surface area contributed by atoms with Crippen molar-refractivity contribution < 1.29 is 19.7 Å². The molecule has 1 saturated carbocycles. The molecule has 0 amide bonds. The molecule has 6 heteroatoms. The van der Waals surface area contributed by atoms with Gasteiger partial charge < -0.3 is 19.9 Å². The minimum absolute atomic E-state index is 0.0233. The van der Waals surface area contributed by atoms with Crippen LogP contribution in [0.2, 0.25) is 0 Å². The molecule has 3 rings (SSSR count). The number of hydrogen-bond acceptors (Lipinski definition) is 4. The van der Waals surface area contributed by atoms with Gasteiger partial charge in [0.15, 0.2) is 0 Å². The fourth-order valence-corrected chi connectivity index (χ4v) is 2.74. The largest absolute Gasteiger partial charge is 0.477 e. The van der Waals surface area contributed by atoms with E-state index in [1.807, 2.05) is 18.2 Å². The first-order chi connectivity index (χ1) is 11.6. The zero-order chi connectivity index (χ0) is 17.1. The predicted octanol–water partition coefficient (Wildman–Crippen LogP) is 2.13. The number of aliphatic hydroxyl groups excluding tert-OH is 1. The van der Waals surface area contributed by atoms with E-state index < -0.39 is 11.4 Å². The molecule has 0 spiro atoms. The quantitative estimate of drug-likeness (QED) is 0.676. The first kappa shape index (κ1) is 16.4. The molecule has 0 atom stereocenters. The molecule has 126 valence electrons. The van der Waals surface area contributed by atoms with Crippen molar-refractivity contribution in [2.45, 2.75) is 18.8 Å². The van der Waals surface area contributed by atoms with Crippen LogP contribution in [0.3, 0.4) is 0 Å². The summed E-state index contributed by atoms with van der Waals surface area (Å²) in [5, 5.41) is 18.2. The van der Waals surface area contributed by atoms with Crippen LogP contribution in [0.15, 0.2) is 29.2 Å². The van der Waals surface area contributed by atoms with Gasteiger partial charge in [-0.2, -0.15) is 0 Å². The molecule has 6 nitrogen and oxygen atoms in total. The van der Waals surface area contributed by atoms with Crippen LogP contribution in [0.25, 0.3) is 17.0 Å². The Labute approximate surface area is 138 Å². The highest BCUT2D eigenvalue weighted by Gasteiger charge is 2.26. The second-order valence-electron chi connectivity index (χ2n) is 5.84. The van der Waals surface area contributed by atoms with Gasteiger partial charge in [-0.1, -0.05) is 12.2 Å². The summed E-state index contributed by atoms with van der Waals surface area (Å²) in [4.78, 5) is 26.4. The van der Waals surface area contributed by atoms with Crippen molar-refractivity contribution in [1.82, 2.24) is 4.98 Å². The van der Waals surface area contributed by atoms with Crippen molar-refractivity contribution >= 4 is 22.9 Å². The van der Waals surface area contributed by atoms with Crippen molar-refractivity contribution in [2.75, 3.05) is 19.8 Å². The van der Waals surface area contributed by atoms with Gasteiger partial charge in [-0.25, -0.2) is 4.79 Å². The lowest BCUT2D eigenvalue weighted by Gasteiger charge is -2.08. The van der Waals surface area contributed by atoms with Crippen molar-refractivity contribution in [3.8, 4) is 0 Å². The summed E-state index contributed by atoms with van der Waals surface area (Å²) in [5.74, 6) is -0.756. The molecule has 0 unspecified atom stereocenters. The summed E-state index contributed by atoms with van der Waals surface area (Å²) >= 11 is 0. The van der Waals surface area contributed by atoms with E-state index in [1.54, 1.807) is 6.07 Å². The lowest BCUT2D eigenvalue weighted by atomic mass is 9.99. The Morgan fingerprint density at radius 3 is 2.83 bits per heavy atom. The third-order valence-electron chi connectivity index (χ3n) is 4.08. The van der Waals surface area contributed by atoms with E-state index in [-0.39, 0.29) is 18.8 Å². The highest BCUT2D eigenvalue weighted by atomic mass is 16.5. The van der Waals surface area contributed by atoms with Gasteiger partial charge in [0.2, 0.25) is 5.43 Å². The van der Waals surface area contributed by atoms with Gasteiger partial charge in [0, 0.05) is 17.1 Å². The molecule has 1 aliphatic carbocycles. The molecule has 1 aromatic heterocycles. The van der Waals surface area contributed by atoms with Gasteiger partial charge in [-0.05, 0) is 42.0 Å². The minimum Gasteiger partial charge on any atom is -0.477 e. The number of carboxylic acid groups (broad SMARTS) is 1. The molecular formula is C18H19NO5. The van der Waals surface area contributed by atoms with E-state index in [0.29, 0.717) is 23.4 Å². The number of rotatable bonds is 7. The van der Waals surface area contributed by atoms with Crippen molar-refractivity contribution in [1.29, 1.82) is 0 Å². The molecule has 0 radical (unpaired) electrons. The number of ether oxygens (including phenoxy) is 1. The van der Waals surface area contributed by atoms with Crippen LogP contribution in [0.5, 0.6) is 0 Å². The second kappa shape index (κ2) is 6.98. The molecule has 24 heavy (non-hydrogen) atoms. The molecule has 1 aromatic carbocycles. The Bertz CT molecular complexity index is 848. The fourth-order valence-electron chi connectivity index (χ4n) is 2.74. The molecule has 0 aliphatic heterocycles. The number of carbonyl (C=O) groups is 1. The molecule has 1 fully saturated rings. The number of aromatic carboxylic acids is 1. The topological polar surface area (TPSA) is 99.6 Å². The highest BCUT2D eigenvalue weighted by Crippen LogP contribution is 2.42.